The van der Waals surface area contributed by atoms with Gasteiger partial charge in [-0.1, -0.05) is 13.8 Å². The standard InChI is InChI=1S/C12H20N2/c1-8(2)12-7-11(10-5-6-10)13-14(12)9(3)4/h7-10H,5-6H2,1-4H3. The Morgan fingerprint density at radius 2 is 1.93 bits per heavy atom. The molecular formula is C12H20N2. The van der Waals surface area contributed by atoms with Crippen molar-refractivity contribution in [2.24, 2.45) is 0 Å². The maximum absolute atomic E-state index is 4.71. The van der Waals surface area contributed by atoms with Crippen molar-refractivity contribution in [3.05, 3.63) is 17.5 Å². The van der Waals surface area contributed by atoms with E-state index in [-0.39, 0.29) is 0 Å². The molecule has 0 unspecified atom stereocenters. The van der Waals surface area contributed by atoms with Gasteiger partial charge in [0.1, 0.15) is 0 Å². The van der Waals surface area contributed by atoms with Crippen LogP contribution in [0.25, 0.3) is 0 Å². The summed E-state index contributed by atoms with van der Waals surface area (Å²) in [6.45, 7) is 8.89. The van der Waals surface area contributed by atoms with E-state index in [1.165, 1.54) is 24.2 Å². The first-order valence-electron chi connectivity index (χ1n) is 5.69. The lowest BCUT2D eigenvalue weighted by molar-refractivity contribution is 0.493. The molecule has 0 aromatic carbocycles. The molecule has 0 atom stereocenters. The molecule has 2 nitrogen and oxygen atoms in total. The summed E-state index contributed by atoms with van der Waals surface area (Å²) < 4.78 is 2.19. The van der Waals surface area contributed by atoms with Gasteiger partial charge in [0.15, 0.2) is 0 Å². The lowest BCUT2D eigenvalue weighted by atomic mass is 10.1. The van der Waals surface area contributed by atoms with E-state index in [1.807, 2.05) is 0 Å². The third kappa shape index (κ3) is 1.70. The molecular weight excluding hydrogens is 172 g/mol. The molecule has 0 aliphatic heterocycles. The molecule has 0 bridgehead atoms. The van der Waals surface area contributed by atoms with Crippen LogP contribution in [0.3, 0.4) is 0 Å². The second kappa shape index (κ2) is 3.41. The van der Waals surface area contributed by atoms with Gasteiger partial charge in [0.2, 0.25) is 0 Å². The molecule has 1 fully saturated rings. The smallest absolute Gasteiger partial charge is 0.0658 e. The molecule has 1 aliphatic rings. The highest BCUT2D eigenvalue weighted by atomic mass is 15.3. The minimum atomic E-state index is 0.486. The summed E-state index contributed by atoms with van der Waals surface area (Å²) >= 11 is 0. The first kappa shape index (κ1) is 9.75. The van der Waals surface area contributed by atoms with Gasteiger partial charge in [-0.15, -0.1) is 0 Å². The minimum Gasteiger partial charge on any atom is -0.267 e. The Bertz CT molecular complexity index is 294. The summed E-state index contributed by atoms with van der Waals surface area (Å²) in [6, 6.07) is 2.79. The van der Waals surface area contributed by atoms with Crippen molar-refractivity contribution in [2.75, 3.05) is 0 Å². The second-order valence-corrected chi connectivity index (χ2v) is 4.96. The molecule has 0 N–H and O–H groups in total. The average molecular weight is 192 g/mol. The largest absolute Gasteiger partial charge is 0.267 e. The van der Waals surface area contributed by atoms with Crippen LogP contribution in [0.4, 0.5) is 0 Å². The molecule has 1 aromatic heterocycles. The highest BCUT2D eigenvalue weighted by molar-refractivity contribution is 5.21. The van der Waals surface area contributed by atoms with E-state index in [0.29, 0.717) is 12.0 Å². The van der Waals surface area contributed by atoms with E-state index in [1.54, 1.807) is 0 Å². The van der Waals surface area contributed by atoms with Crippen LogP contribution in [-0.4, -0.2) is 9.78 Å². The normalized spacial score (nSPS) is 17.0. The van der Waals surface area contributed by atoms with Gasteiger partial charge in [-0.3, -0.25) is 4.68 Å². The Morgan fingerprint density at radius 3 is 2.29 bits per heavy atom. The second-order valence-electron chi connectivity index (χ2n) is 4.96. The van der Waals surface area contributed by atoms with Crippen LogP contribution in [0, 0.1) is 0 Å². The maximum Gasteiger partial charge on any atom is 0.0658 e. The molecule has 0 saturated heterocycles. The van der Waals surface area contributed by atoms with Crippen LogP contribution >= 0.6 is 0 Å². The van der Waals surface area contributed by atoms with E-state index < -0.39 is 0 Å². The van der Waals surface area contributed by atoms with Gasteiger partial charge in [-0.25, -0.2) is 0 Å². The van der Waals surface area contributed by atoms with Crippen LogP contribution in [0.2, 0.25) is 0 Å². The van der Waals surface area contributed by atoms with Gasteiger partial charge in [-0.05, 0) is 38.7 Å². The van der Waals surface area contributed by atoms with Gasteiger partial charge in [-0.2, -0.15) is 5.10 Å². The van der Waals surface area contributed by atoms with Gasteiger partial charge in [0.25, 0.3) is 0 Å². The predicted octanol–water partition coefficient (Wildman–Crippen LogP) is 3.46. The fourth-order valence-corrected chi connectivity index (χ4v) is 1.85. The summed E-state index contributed by atoms with van der Waals surface area (Å²) in [5.41, 5.74) is 2.71. The summed E-state index contributed by atoms with van der Waals surface area (Å²) in [6.07, 6.45) is 2.68. The number of nitrogens with zero attached hydrogens (tertiary/aromatic N) is 2. The molecule has 0 amide bonds. The summed E-state index contributed by atoms with van der Waals surface area (Å²) in [5.74, 6) is 1.35. The molecule has 2 heteroatoms. The van der Waals surface area contributed by atoms with Crippen LogP contribution < -0.4 is 0 Å². The lowest BCUT2D eigenvalue weighted by Gasteiger charge is -2.12. The number of aromatic nitrogens is 2. The van der Waals surface area contributed by atoms with Crippen LogP contribution in [0.15, 0.2) is 6.07 Å². The van der Waals surface area contributed by atoms with Crippen LogP contribution in [0.1, 0.15) is 69.8 Å². The molecule has 2 rings (SSSR count). The highest BCUT2D eigenvalue weighted by Gasteiger charge is 2.27. The van der Waals surface area contributed by atoms with Crippen LogP contribution in [-0.2, 0) is 0 Å². The zero-order valence-corrected chi connectivity index (χ0v) is 9.62. The van der Waals surface area contributed by atoms with Crippen molar-refractivity contribution in [1.29, 1.82) is 0 Å². The summed E-state index contributed by atoms with van der Waals surface area (Å²) in [7, 11) is 0. The van der Waals surface area contributed by atoms with Crippen molar-refractivity contribution in [2.45, 2.75) is 58.4 Å². The van der Waals surface area contributed by atoms with Crippen molar-refractivity contribution < 1.29 is 0 Å². The van der Waals surface area contributed by atoms with E-state index in [9.17, 15) is 0 Å². The van der Waals surface area contributed by atoms with Gasteiger partial charge >= 0.3 is 0 Å². The van der Waals surface area contributed by atoms with E-state index in [4.69, 9.17) is 5.10 Å². The zero-order valence-electron chi connectivity index (χ0n) is 9.62. The summed E-state index contributed by atoms with van der Waals surface area (Å²) in [4.78, 5) is 0. The molecule has 1 aliphatic carbocycles. The fourth-order valence-electron chi connectivity index (χ4n) is 1.85. The van der Waals surface area contributed by atoms with E-state index in [2.05, 4.69) is 38.4 Å². The minimum absolute atomic E-state index is 0.486. The Hall–Kier alpha value is -0.790. The van der Waals surface area contributed by atoms with Crippen molar-refractivity contribution in [3.8, 4) is 0 Å². The number of hydrogen-bond acceptors (Lipinski definition) is 1. The van der Waals surface area contributed by atoms with Gasteiger partial charge < -0.3 is 0 Å². The predicted molar refractivity (Wildman–Crippen MR) is 58.7 cm³/mol. The zero-order chi connectivity index (χ0) is 10.3. The Morgan fingerprint density at radius 1 is 1.29 bits per heavy atom. The molecule has 0 spiro atoms. The summed E-state index contributed by atoms with van der Waals surface area (Å²) in [5, 5.41) is 4.71. The third-order valence-corrected chi connectivity index (χ3v) is 2.86. The maximum atomic E-state index is 4.71. The Balaban J connectivity index is 2.34. The lowest BCUT2D eigenvalue weighted by Crippen LogP contribution is -2.08. The fraction of sp³-hybridized carbons (Fsp3) is 0.750. The highest BCUT2D eigenvalue weighted by Crippen LogP contribution is 2.40. The van der Waals surface area contributed by atoms with Crippen LogP contribution in [0.5, 0.6) is 0 Å². The molecule has 1 saturated carbocycles. The topological polar surface area (TPSA) is 17.8 Å². The third-order valence-electron chi connectivity index (χ3n) is 2.86. The van der Waals surface area contributed by atoms with Crippen molar-refractivity contribution in [1.82, 2.24) is 9.78 Å². The quantitative estimate of drug-likeness (QED) is 0.717. The van der Waals surface area contributed by atoms with Crippen molar-refractivity contribution >= 4 is 0 Å². The molecule has 0 radical (unpaired) electrons. The number of hydrogen-bond donors (Lipinski definition) is 0. The first-order chi connectivity index (χ1) is 6.59. The van der Waals surface area contributed by atoms with E-state index >= 15 is 0 Å². The van der Waals surface area contributed by atoms with Gasteiger partial charge in [0.05, 0.1) is 5.69 Å². The van der Waals surface area contributed by atoms with Gasteiger partial charge in [0, 0.05) is 17.7 Å². The first-order valence-corrected chi connectivity index (χ1v) is 5.69. The SMILES string of the molecule is CC(C)c1cc(C2CC2)nn1C(C)C. The molecule has 78 valence electrons. The molecule has 1 heterocycles. The monoisotopic (exact) mass is 192 g/mol. The Labute approximate surface area is 86.3 Å². The average Bonchev–Trinajstić information content (AvgIpc) is 2.83. The Kier molecular flexibility index (Phi) is 2.38. The molecule has 14 heavy (non-hydrogen) atoms. The van der Waals surface area contributed by atoms with E-state index in [0.717, 1.165) is 5.92 Å². The molecule has 1 aromatic rings. The number of rotatable bonds is 3. The van der Waals surface area contributed by atoms with Crippen molar-refractivity contribution in [3.63, 3.8) is 0 Å².